The van der Waals surface area contributed by atoms with Gasteiger partial charge in [-0.2, -0.15) is 0 Å². The molecule has 0 unspecified atom stereocenters. The molecule has 1 aliphatic rings. The Morgan fingerprint density at radius 1 is 1.28 bits per heavy atom. The highest BCUT2D eigenvalue weighted by Crippen LogP contribution is 2.36. The van der Waals surface area contributed by atoms with Gasteiger partial charge in [-0.1, -0.05) is 18.5 Å². The molecular formula is C19H21ClN2O3. The predicted octanol–water partition coefficient (Wildman–Crippen LogP) is 4.95. The fraction of sp³-hybridized carbons (Fsp3) is 0.316. The lowest BCUT2D eigenvalue weighted by molar-refractivity contribution is 0.188. The minimum Gasteiger partial charge on any atom is -0.494 e. The van der Waals surface area contributed by atoms with Crippen molar-refractivity contribution in [1.82, 2.24) is 0 Å². The molecule has 2 aromatic carbocycles. The second-order valence-electron chi connectivity index (χ2n) is 5.76. The van der Waals surface area contributed by atoms with Gasteiger partial charge >= 0.3 is 6.03 Å². The van der Waals surface area contributed by atoms with E-state index in [1.54, 1.807) is 23.1 Å². The van der Waals surface area contributed by atoms with Gasteiger partial charge in [0.2, 0.25) is 0 Å². The average Bonchev–Trinajstić information content (AvgIpc) is 2.62. The Kier molecular flexibility index (Phi) is 5.34. The van der Waals surface area contributed by atoms with E-state index in [0.717, 1.165) is 12.2 Å². The molecule has 0 saturated carbocycles. The molecule has 0 aliphatic carbocycles. The molecule has 132 valence electrons. The smallest absolute Gasteiger partial charge is 0.326 e. The van der Waals surface area contributed by atoms with Gasteiger partial charge in [-0.15, -0.1) is 0 Å². The standard InChI is InChI=1S/C19H21ClN2O3/c1-3-15-12-22(17-11-13(20)5-10-18(17)25-15)19(23)21-14-6-8-16(9-7-14)24-4-2/h5-11,15H,3-4,12H2,1-2H3,(H,21,23)/t15-/m1/s1. The summed E-state index contributed by atoms with van der Waals surface area (Å²) < 4.78 is 11.3. The number of hydrogen-bond donors (Lipinski definition) is 1. The van der Waals surface area contributed by atoms with Gasteiger partial charge in [-0.25, -0.2) is 4.79 Å². The molecule has 25 heavy (non-hydrogen) atoms. The van der Waals surface area contributed by atoms with E-state index in [9.17, 15) is 4.79 Å². The Morgan fingerprint density at radius 2 is 2.04 bits per heavy atom. The summed E-state index contributed by atoms with van der Waals surface area (Å²) >= 11 is 6.10. The maximum Gasteiger partial charge on any atom is 0.326 e. The van der Waals surface area contributed by atoms with Crippen LogP contribution in [0.15, 0.2) is 42.5 Å². The molecule has 0 aromatic heterocycles. The molecule has 5 nitrogen and oxygen atoms in total. The van der Waals surface area contributed by atoms with Crippen molar-refractivity contribution in [2.45, 2.75) is 26.4 Å². The lowest BCUT2D eigenvalue weighted by Gasteiger charge is -2.34. The molecule has 1 atom stereocenters. The van der Waals surface area contributed by atoms with Crippen LogP contribution in [-0.4, -0.2) is 25.3 Å². The number of rotatable bonds is 4. The zero-order chi connectivity index (χ0) is 17.8. The Bertz CT molecular complexity index is 749. The Balaban J connectivity index is 1.80. The number of nitrogens with zero attached hydrogens (tertiary/aromatic N) is 1. The topological polar surface area (TPSA) is 50.8 Å². The van der Waals surface area contributed by atoms with Crippen molar-refractivity contribution in [1.29, 1.82) is 0 Å². The average molecular weight is 361 g/mol. The third-order valence-corrected chi connectivity index (χ3v) is 4.24. The van der Waals surface area contributed by atoms with Crippen LogP contribution in [0, 0.1) is 0 Å². The number of anilines is 2. The Morgan fingerprint density at radius 3 is 2.72 bits per heavy atom. The van der Waals surface area contributed by atoms with Crippen molar-refractivity contribution in [3.63, 3.8) is 0 Å². The molecule has 6 heteroatoms. The van der Waals surface area contributed by atoms with Gasteiger partial charge in [0, 0.05) is 10.7 Å². The molecule has 0 radical (unpaired) electrons. The van der Waals surface area contributed by atoms with Crippen molar-refractivity contribution >= 4 is 29.0 Å². The van der Waals surface area contributed by atoms with Crippen LogP contribution in [0.4, 0.5) is 16.2 Å². The molecule has 1 N–H and O–H groups in total. The number of hydrogen-bond acceptors (Lipinski definition) is 3. The van der Waals surface area contributed by atoms with Gasteiger partial charge in [0.05, 0.1) is 18.8 Å². The minimum absolute atomic E-state index is 0.0419. The molecule has 0 saturated heterocycles. The van der Waals surface area contributed by atoms with Crippen LogP contribution in [-0.2, 0) is 0 Å². The van der Waals surface area contributed by atoms with E-state index in [4.69, 9.17) is 21.1 Å². The first-order valence-electron chi connectivity index (χ1n) is 8.38. The van der Waals surface area contributed by atoms with E-state index < -0.39 is 0 Å². The first-order valence-corrected chi connectivity index (χ1v) is 8.76. The van der Waals surface area contributed by atoms with Crippen molar-refractivity contribution in [2.75, 3.05) is 23.4 Å². The molecule has 3 rings (SSSR count). The summed E-state index contributed by atoms with van der Waals surface area (Å²) in [5, 5.41) is 3.48. The third-order valence-electron chi connectivity index (χ3n) is 4.01. The largest absolute Gasteiger partial charge is 0.494 e. The van der Waals surface area contributed by atoms with E-state index in [2.05, 4.69) is 5.32 Å². The van der Waals surface area contributed by atoms with E-state index in [-0.39, 0.29) is 12.1 Å². The SMILES string of the molecule is CCOc1ccc(NC(=O)N2C[C@@H](CC)Oc3ccc(Cl)cc32)cc1. The lowest BCUT2D eigenvalue weighted by Crippen LogP contribution is -2.45. The zero-order valence-corrected chi connectivity index (χ0v) is 15.0. The summed E-state index contributed by atoms with van der Waals surface area (Å²) in [5.41, 5.74) is 1.39. The quantitative estimate of drug-likeness (QED) is 0.839. The first kappa shape index (κ1) is 17.4. The van der Waals surface area contributed by atoms with Gasteiger partial charge in [-0.05, 0) is 55.8 Å². The van der Waals surface area contributed by atoms with Crippen molar-refractivity contribution in [3.8, 4) is 11.5 Å². The van der Waals surface area contributed by atoms with Crippen LogP contribution in [0.1, 0.15) is 20.3 Å². The summed E-state index contributed by atoms with van der Waals surface area (Å²) in [6.07, 6.45) is 0.772. The molecule has 0 fully saturated rings. The number of urea groups is 1. The van der Waals surface area contributed by atoms with Crippen LogP contribution in [0.5, 0.6) is 11.5 Å². The first-order chi connectivity index (χ1) is 12.1. The zero-order valence-electron chi connectivity index (χ0n) is 14.3. The fourth-order valence-electron chi connectivity index (χ4n) is 2.72. The highest BCUT2D eigenvalue weighted by Gasteiger charge is 2.29. The van der Waals surface area contributed by atoms with Gasteiger partial charge in [0.25, 0.3) is 0 Å². The number of carbonyl (C=O) groups excluding carboxylic acids is 1. The summed E-state index contributed by atoms with van der Waals surface area (Å²) in [6, 6.07) is 12.4. The van der Waals surface area contributed by atoms with Gasteiger partial charge < -0.3 is 14.8 Å². The number of amides is 2. The molecule has 0 spiro atoms. The summed E-state index contributed by atoms with van der Waals surface area (Å²) in [5.74, 6) is 1.44. The van der Waals surface area contributed by atoms with Crippen LogP contribution in [0.2, 0.25) is 5.02 Å². The Hall–Kier alpha value is -2.40. The van der Waals surface area contributed by atoms with E-state index in [1.165, 1.54) is 0 Å². The summed E-state index contributed by atoms with van der Waals surface area (Å²) in [7, 11) is 0. The van der Waals surface area contributed by atoms with Crippen LogP contribution in [0.25, 0.3) is 0 Å². The molecule has 2 amide bonds. The number of carbonyl (C=O) groups is 1. The second kappa shape index (κ2) is 7.66. The summed E-state index contributed by atoms with van der Waals surface area (Å²) in [4.78, 5) is 14.5. The van der Waals surface area contributed by atoms with Crippen molar-refractivity contribution in [3.05, 3.63) is 47.5 Å². The van der Waals surface area contributed by atoms with Gasteiger partial charge in [-0.3, -0.25) is 4.90 Å². The number of nitrogens with one attached hydrogen (secondary N) is 1. The van der Waals surface area contributed by atoms with E-state index >= 15 is 0 Å². The number of fused-ring (bicyclic) bond motifs is 1. The fourth-order valence-corrected chi connectivity index (χ4v) is 2.88. The molecule has 2 aromatic rings. The monoisotopic (exact) mass is 360 g/mol. The molecule has 1 aliphatic heterocycles. The highest BCUT2D eigenvalue weighted by atomic mass is 35.5. The van der Waals surface area contributed by atoms with E-state index in [0.29, 0.717) is 35.3 Å². The minimum atomic E-state index is -0.213. The van der Waals surface area contributed by atoms with Crippen molar-refractivity contribution in [2.24, 2.45) is 0 Å². The highest BCUT2D eigenvalue weighted by molar-refractivity contribution is 6.31. The number of halogens is 1. The third kappa shape index (κ3) is 3.99. The summed E-state index contributed by atoms with van der Waals surface area (Å²) in [6.45, 7) is 5.05. The van der Waals surface area contributed by atoms with Crippen LogP contribution >= 0.6 is 11.6 Å². The van der Waals surface area contributed by atoms with Crippen LogP contribution < -0.4 is 19.7 Å². The van der Waals surface area contributed by atoms with Crippen LogP contribution in [0.3, 0.4) is 0 Å². The number of benzene rings is 2. The molecule has 0 bridgehead atoms. The van der Waals surface area contributed by atoms with Gasteiger partial charge in [0.15, 0.2) is 0 Å². The normalized spacial score (nSPS) is 16.0. The predicted molar refractivity (Wildman–Crippen MR) is 100 cm³/mol. The van der Waals surface area contributed by atoms with Crippen molar-refractivity contribution < 1.29 is 14.3 Å². The maximum absolute atomic E-state index is 12.8. The van der Waals surface area contributed by atoms with E-state index in [1.807, 2.05) is 38.1 Å². The lowest BCUT2D eigenvalue weighted by atomic mass is 10.1. The second-order valence-corrected chi connectivity index (χ2v) is 6.19. The Labute approximate surface area is 152 Å². The van der Waals surface area contributed by atoms with Gasteiger partial charge in [0.1, 0.15) is 17.6 Å². The molecular weight excluding hydrogens is 340 g/mol. The number of ether oxygens (including phenoxy) is 2. The maximum atomic E-state index is 12.8. The molecule has 1 heterocycles.